The van der Waals surface area contributed by atoms with Crippen molar-refractivity contribution in [3.05, 3.63) is 16.3 Å². The summed E-state index contributed by atoms with van der Waals surface area (Å²) in [6.45, 7) is 3.71. The van der Waals surface area contributed by atoms with Crippen molar-refractivity contribution in [2.45, 2.75) is 25.8 Å². The summed E-state index contributed by atoms with van der Waals surface area (Å²) in [7, 11) is 0. The normalized spacial score (nSPS) is 14.6. The Morgan fingerprint density at radius 1 is 1.80 bits per heavy atom. The van der Waals surface area contributed by atoms with Crippen LogP contribution in [0.3, 0.4) is 0 Å². The van der Waals surface area contributed by atoms with Crippen LogP contribution in [0, 0.1) is 10.1 Å². The summed E-state index contributed by atoms with van der Waals surface area (Å²) in [5.74, 6) is 0. The van der Waals surface area contributed by atoms with Gasteiger partial charge in [-0.25, -0.2) is 4.98 Å². The quantitative estimate of drug-likeness (QED) is 0.594. The van der Waals surface area contributed by atoms with Crippen LogP contribution in [-0.2, 0) is 0 Å². The Hall–Kier alpha value is -1.21. The van der Waals surface area contributed by atoms with E-state index in [1.165, 1.54) is 6.20 Å². The molecule has 2 N–H and O–H groups in total. The Balaban J connectivity index is 2.76. The number of aromatic nitrogens is 1. The van der Waals surface area contributed by atoms with Gasteiger partial charge in [0.25, 0.3) is 0 Å². The number of nitro groups is 1. The summed E-state index contributed by atoms with van der Waals surface area (Å²) in [5, 5.41) is 23.0. The molecule has 0 bridgehead atoms. The lowest BCUT2D eigenvalue weighted by atomic mass is 10.0. The molecule has 1 aromatic rings. The molecule has 0 amide bonds. The molecule has 0 aromatic carbocycles. The van der Waals surface area contributed by atoms with E-state index in [1.54, 1.807) is 0 Å². The summed E-state index contributed by atoms with van der Waals surface area (Å²) in [6, 6.07) is 0. The molecule has 7 heteroatoms. The van der Waals surface area contributed by atoms with Crippen molar-refractivity contribution in [3.63, 3.8) is 0 Å². The van der Waals surface area contributed by atoms with Crippen LogP contribution < -0.4 is 5.32 Å². The van der Waals surface area contributed by atoms with Crippen molar-refractivity contribution in [2.24, 2.45) is 0 Å². The topological polar surface area (TPSA) is 88.3 Å². The Labute approximate surface area is 91.1 Å². The van der Waals surface area contributed by atoms with Crippen molar-refractivity contribution >= 4 is 21.5 Å². The van der Waals surface area contributed by atoms with Crippen LogP contribution in [0.2, 0.25) is 0 Å². The number of anilines is 1. The highest BCUT2D eigenvalue weighted by molar-refractivity contribution is 7.18. The lowest BCUT2D eigenvalue weighted by Crippen LogP contribution is -2.37. The largest absolute Gasteiger partial charge is 0.394 e. The molecule has 0 aliphatic carbocycles. The minimum Gasteiger partial charge on any atom is -0.394 e. The number of aliphatic hydroxyl groups excluding tert-OH is 1. The van der Waals surface area contributed by atoms with E-state index in [1.807, 2.05) is 13.8 Å². The first kappa shape index (κ1) is 11.9. The van der Waals surface area contributed by atoms with Gasteiger partial charge in [0.1, 0.15) is 6.20 Å². The van der Waals surface area contributed by atoms with Crippen molar-refractivity contribution in [1.29, 1.82) is 0 Å². The minimum absolute atomic E-state index is 0.00565. The molecule has 0 fully saturated rings. The zero-order chi connectivity index (χ0) is 11.5. The number of hydrogen-bond acceptors (Lipinski definition) is 6. The highest BCUT2D eigenvalue weighted by Crippen LogP contribution is 2.27. The van der Waals surface area contributed by atoms with Crippen molar-refractivity contribution in [2.75, 3.05) is 11.9 Å². The van der Waals surface area contributed by atoms with E-state index in [0.29, 0.717) is 11.6 Å². The first-order chi connectivity index (χ1) is 7.00. The molecule has 15 heavy (non-hydrogen) atoms. The van der Waals surface area contributed by atoms with Crippen molar-refractivity contribution in [3.8, 4) is 0 Å². The highest BCUT2D eigenvalue weighted by atomic mass is 32.1. The third-order valence-corrected chi connectivity index (χ3v) is 3.08. The number of nitrogens with zero attached hydrogens (tertiary/aromatic N) is 2. The molecule has 0 saturated carbocycles. The fraction of sp³-hybridized carbons (Fsp3) is 0.625. The molecule has 6 nitrogen and oxygen atoms in total. The van der Waals surface area contributed by atoms with E-state index < -0.39 is 10.5 Å². The lowest BCUT2D eigenvalue weighted by molar-refractivity contribution is -0.380. The first-order valence-electron chi connectivity index (χ1n) is 4.50. The molecule has 0 spiro atoms. The molecule has 0 aliphatic rings. The Morgan fingerprint density at radius 3 is 2.87 bits per heavy atom. The maximum absolute atomic E-state index is 10.4. The van der Waals surface area contributed by atoms with Crippen LogP contribution in [0.25, 0.3) is 0 Å². The predicted octanol–water partition coefficient (Wildman–Crippen LogP) is 1.62. The molecular formula is C8H13N3O3S. The summed E-state index contributed by atoms with van der Waals surface area (Å²) in [6.07, 6.45) is 1.91. The van der Waals surface area contributed by atoms with Gasteiger partial charge in [0, 0.05) is 0 Å². The number of rotatable bonds is 5. The third kappa shape index (κ3) is 2.87. The molecule has 0 radical (unpaired) electrons. The van der Waals surface area contributed by atoms with Gasteiger partial charge in [-0.3, -0.25) is 10.1 Å². The lowest BCUT2D eigenvalue weighted by Gasteiger charge is -2.26. The summed E-state index contributed by atoms with van der Waals surface area (Å²) in [4.78, 5) is 13.8. The second-order valence-corrected chi connectivity index (χ2v) is 4.47. The van der Waals surface area contributed by atoms with Gasteiger partial charge in [-0.15, -0.1) is 0 Å². The molecule has 1 heterocycles. The van der Waals surface area contributed by atoms with E-state index in [2.05, 4.69) is 10.3 Å². The highest BCUT2D eigenvalue weighted by Gasteiger charge is 2.23. The van der Waals surface area contributed by atoms with E-state index in [-0.39, 0.29) is 11.6 Å². The van der Waals surface area contributed by atoms with Gasteiger partial charge in [-0.1, -0.05) is 6.92 Å². The fourth-order valence-corrected chi connectivity index (χ4v) is 1.69. The van der Waals surface area contributed by atoms with E-state index in [0.717, 1.165) is 11.3 Å². The van der Waals surface area contributed by atoms with Gasteiger partial charge in [-0.2, -0.15) is 0 Å². The van der Waals surface area contributed by atoms with E-state index in [9.17, 15) is 10.1 Å². The van der Waals surface area contributed by atoms with Crippen molar-refractivity contribution < 1.29 is 10.0 Å². The molecule has 1 rings (SSSR count). The number of nitrogens with one attached hydrogen (secondary N) is 1. The SMILES string of the molecule is CCC(C)(CO)Nc1ncc([N+](=O)[O-])s1. The number of thiazole rings is 1. The Morgan fingerprint density at radius 2 is 2.47 bits per heavy atom. The monoisotopic (exact) mass is 231 g/mol. The number of hydrogen-bond donors (Lipinski definition) is 2. The third-order valence-electron chi connectivity index (χ3n) is 2.21. The van der Waals surface area contributed by atoms with Crippen LogP contribution in [0.5, 0.6) is 0 Å². The number of aliphatic hydroxyl groups is 1. The molecular weight excluding hydrogens is 218 g/mol. The molecule has 0 aliphatic heterocycles. The zero-order valence-electron chi connectivity index (χ0n) is 8.56. The fourth-order valence-electron chi connectivity index (χ4n) is 0.906. The maximum Gasteiger partial charge on any atom is 0.345 e. The van der Waals surface area contributed by atoms with Gasteiger partial charge in [-0.05, 0) is 24.7 Å². The molecule has 0 saturated heterocycles. The van der Waals surface area contributed by atoms with E-state index in [4.69, 9.17) is 5.11 Å². The zero-order valence-corrected chi connectivity index (χ0v) is 9.37. The van der Waals surface area contributed by atoms with Crippen LogP contribution in [-0.4, -0.2) is 27.2 Å². The van der Waals surface area contributed by atoms with Gasteiger partial charge >= 0.3 is 5.00 Å². The molecule has 1 aromatic heterocycles. The average Bonchev–Trinajstić information content (AvgIpc) is 2.66. The minimum atomic E-state index is -0.481. The average molecular weight is 231 g/mol. The van der Waals surface area contributed by atoms with Crippen LogP contribution in [0.1, 0.15) is 20.3 Å². The Bertz CT molecular complexity index is 349. The predicted molar refractivity (Wildman–Crippen MR) is 58.2 cm³/mol. The van der Waals surface area contributed by atoms with Crippen LogP contribution >= 0.6 is 11.3 Å². The summed E-state index contributed by atoms with van der Waals surface area (Å²) >= 11 is 0.966. The van der Waals surface area contributed by atoms with E-state index >= 15 is 0 Å². The van der Waals surface area contributed by atoms with Gasteiger partial charge in [0.05, 0.1) is 17.1 Å². The Kier molecular flexibility index (Phi) is 3.59. The first-order valence-corrected chi connectivity index (χ1v) is 5.31. The summed E-state index contributed by atoms with van der Waals surface area (Å²) in [5.41, 5.74) is -0.480. The van der Waals surface area contributed by atoms with Gasteiger partial charge in [0.2, 0.25) is 0 Å². The maximum atomic E-state index is 10.4. The second-order valence-electron chi connectivity index (χ2n) is 3.46. The standard InChI is InChI=1S/C8H13N3O3S/c1-3-8(2,5-12)10-7-9-4-6(15-7)11(13)14/h4,12H,3,5H2,1-2H3,(H,9,10). The molecule has 1 unspecified atom stereocenters. The summed E-state index contributed by atoms with van der Waals surface area (Å²) < 4.78 is 0. The van der Waals surface area contributed by atoms with Crippen LogP contribution in [0.4, 0.5) is 10.1 Å². The second kappa shape index (κ2) is 4.54. The van der Waals surface area contributed by atoms with Crippen molar-refractivity contribution in [1.82, 2.24) is 4.98 Å². The van der Waals surface area contributed by atoms with Gasteiger partial charge in [0.15, 0.2) is 5.13 Å². The molecule has 84 valence electrons. The van der Waals surface area contributed by atoms with Crippen LogP contribution in [0.15, 0.2) is 6.20 Å². The molecule has 1 atom stereocenters. The smallest absolute Gasteiger partial charge is 0.345 e. The van der Waals surface area contributed by atoms with Gasteiger partial charge < -0.3 is 10.4 Å².